The van der Waals surface area contributed by atoms with Gasteiger partial charge in [-0.05, 0) is 42.9 Å². The van der Waals surface area contributed by atoms with Crippen LogP contribution in [0.4, 0.5) is 5.82 Å². The molecule has 0 bridgehead atoms. The highest BCUT2D eigenvalue weighted by Gasteiger charge is 2.46. The summed E-state index contributed by atoms with van der Waals surface area (Å²) in [6.45, 7) is 2.27. The number of hydrogen-bond acceptors (Lipinski definition) is 4. The average molecular weight is 325 g/mol. The Kier molecular flexibility index (Phi) is 3.49. The van der Waals surface area contributed by atoms with Crippen molar-refractivity contribution in [2.75, 3.05) is 18.0 Å². The summed E-state index contributed by atoms with van der Waals surface area (Å²) < 4.78 is 0. The minimum atomic E-state index is 0.634. The van der Waals surface area contributed by atoms with Crippen LogP contribution in [-0.4, -0.2) is 33.3 Å². The van der Waals surface area contributed by atoms with Crippen molar-refractivity contribution in [3.63, 3.8) is 0 Å². The number of hydrogen-bond donors (Lipinski definition) is 1. The molecule has 5 heteroatoms. The number of aromatic nitrogens is 4. The van der Waals surface area contributed by atoms with Crippen molar-refractivity contribution in [1.29, 1.82) is 0 Å². The lowest BCUT2D eigenvalue weighted by atomic mass is 9.75. The van der Waals surface area contributed by atoms with Crippen LogP contribution >= 0.6 is 0 Å². The van der Waals surface area contributed by atoms with Gasteiger partial charge in [-0.1, -0.05) is 32.1 Å². The number of rotatable bonds is 1. The molecule has 2 atom stereocenters. The predicted octanol–water partition coefficient (Wildman–Crippen LogP) is 3.93. The van der Waals surface area contributed by atoms with Crippen LogP contribution in [0.2, 0.25) is 0 Å². The Morgan fingerprint density at radius 1 is 1.00 bits per heavy atom. The maximum atomic E-state index is 4.70. The summed E-state index contributed by atoms with van der Waals surface area (Å²) in [6.07, 6.45) is 16.7. The molecule has 3 fully saturated rings. The Hall–Kier alpha value is -1.65. The molecule has 0 aromatic carbocycles. The molecule has 3 aliphatic rings. The molecule has 2 aromatic rings. The van der Waals surface area contributed by atoms with Gasteiger partial charge in [0, 0.05) is 13.1 Å². The number of fused-ring (bicyclic) bond motifs is 2. The molecular formula is C19H27N5. The van der Waals surface area contributed by atoms with Gasteiger partial charge in [0.05, 0.1) is 12.4 Å². The largest absolute Gasteiger partial charge is 0.355 e. The third-order valence-electron chi connectivity index (χ3n) is 7.00. The van der Waals surface area contributed by atoms with Crippen LogP contribution in [0.3, 0.4) is 0 Å². The molecule has 128 valence electrons. The van der Waals surface area contributed by atoms with Gasteiger partial charge in [-0.25, -0.2) is 9.97 Å². The summed E-state index contributed by atoms with van der Waals surface area (Å²) in [5.74, 6) is 3.06. The van der Waals surface area contributed by atoms with Crippen LogP contribution in [0.15, 0.2) is 12.4 Å². The summed E-state index contributed by atoms with van der Waals surface area (Å²) in [4.78, 5) is 11.6. The second kappa shape index (κ2) is 5.71. The van der Waals surface area contributed by atoms with Gasteiger partial charge in [-0.2, -0.15) is 5.10 Å². The SMILES string of the molecule is c1nc2cn[nH]c2nc1N1CCC2(CC1)CC1CCCCCC1C2. The van der Waals surface area contributed by atoms with Crippen molar-refractivity contribution >= 4 is 17.0 Å². The second-order valence-electron chi connectivity index (χ2n) is 8.39. The monoisotopic (exact) mass is 325 g/mol. The highest BCUT2D eigenvalue weighted by molar-refractivity contribution is 5.70. The molecule has 0 radical (unpaired) electrons. The first-order valence-electron chi connectivity index (χ1n) is 9.72. The van der Waals surface area contributed by atoms with Gasteiger partial charge in [0.15, 0.2) is 5.65 Å². The number of nitrogens with zero attached hydrogens (tertiary/aromatic N) is 4. The normalized spacial score (nSPS) is 29.8. The maximum Gasteiger partial charge on any atom is 0.176 e. The van der Waals surface area contributed by atoms with E-state index < -0.39 is 0 Å². The van der Waals surface area contributed by atoms with E-state index in [4.69, 9.17) is 4.98 Å². The summed E-state index contributed by atoms with van der Waals surface area (Å²) in [5, 5.41) is 6.96. The van der Waals surface area contributed by atoms with E-state index in [9.17, 15) is 0 Å². The summed E-state index contributed by atoms with van der Waals surface area (Å²) >= 11 is 0. The van der Waals surface area contributed by atoms with E-state index in [1.54, 1.807) is 6.20 Å². The maximum absolute atomic E-state index is 4.70. The van der Waals surface area contributed by atoms with E-state index in [1.165, 1.54) is 57.8 Å². The van der Waals surface area contributed by atoms with E-state index in [-0.39, 0.29) is 0 Å². The zero-order valence-electron chi connectivity index (χ0n) is 14.4. The molecule has 2 aliphatic carbocycles. The number of H-pyrrole nitrogens is 1. The first-order valence-corrected chi connectivity index (χ1v) is 9.72. The summed E-state index contributed by atoms with van der Waals surface area (Å²) in [5.41, 5.74) is 2.29. The molecule has 24 heavy (non-hydrogen) atoms. The van der Waals surface area contributed by atoms with E-state index in [0.29, 0.717) is 5.41 Å². The van der Waals surface area contributed by atoms with Crippen molar-refractivity contribution in [3.05, 3.63) is 12.4 Å². The van der Waals surface area contributed by atoms with Gasteiger partial charge in [-0.15, -0.1) is 0 Å². The van der Waals surface area contributed by atoms with Crippen LogP contribution in [0, 0.1) is 17.3 Å². The van der Waals surface area contributed by atoms with Crippen LogP contribution in [0.5, 0.6) is 0 Å². The fourth-order valence-electron chi connectivity index (χ4n) is 5.69. The second-order valence-corrected chi connectivity index (χ2v) is 8.39. The van der Waals surface area contributed by atoms with E-state index in [1.807, 2.05) is 6.20 Å². The third-order valence-corrected chi connectivity index (χ3v) is 7.00. The number of nitrogens with one attached hydrogen (secondary N) is 1. The Bertz CT molecular complexity index is 699. The third kappa shape index (κ3) is 2.49. The van der Waals surface area contributed by atoms with Gasteiger partial charge in [0.1, 0.15) is 11.3 Å². The summed E-state index contributed by atoms with van der Waals surface area (Å²) in [6, 6.07) is 0. The molecule has 2 saturated carbocycles. The lowest BCUT2D eigenvalue weighted by molar-refractivity contribution is 0.210. The van der Waals surface area contributed by atoms with Crippen LogP contribution in [-0.2, 0) is 0 Å². The van der Waals surface area contributed by atoms with Gasteiger partial charge in [-0.3, -0.25) is 5.10 Å². The zero-order chi connectivity index (χ0) is 16.0. The van der Waals surface area contributed by atoms with Gasteiger partial charge in [0.25, 0.3) is 0 Å². The Morgan fingerprint density at radius 2 is 1.75 bits per heavy atom. The average Bonchev–Trinajstić information content (AvgIpc) is 3.14. The van der Waals surface area contributed by atoms with Crippen molar-refractivity contribution in [2.24, 2.45) is 17.3 Å². The van der Waals surface area contributed by atoms with E-state index in [2.05, 4.69) is 20.1 Å². The van der Waals surface area contributed by atoms with E-state index >= 15 is 0 Å². The molecule has 2 aromatic heterocycles. The predicted molar refractivity (Wildman–Crippen MR) is 94.9 cm³/mol. The molecule has 5 nitrogen and oxygen atoms in total. The van der Waals surface area contributed by atoms with E-state index in [0.717, 1.165) is 41.9 Å². The van der Waals surface area contributed by atoms with Crippen LogP contribution in [0.25, 0.3) is 11.2 Å². The van der Waals surface area contributed by atoms with Crippen molar-refractivity contribution in [1.82, 2.24) is 20.2 Å². The number of piperidine rings is 1. The highest BCUT2D eigenvalue weighted by Crippen LogP contribution is 2.55. The quantitative estimate of drug-likeness (QED) is 0.863. The van der Waals surface area contributed by atoms with Crippen molar-refractivity contribution in [2.45, 2.75) is 57.8 Å². The topological polar surface area (TPSA) is 57.7 Å². The van der Waals surface area contributed by atoms with Crippen LogP contribution < -0.4 is 4.90 Å². The minimum Gasteiger partial charge on any atom is -0.355 e. The molecule has 3 heterocycles. The van der Waals surface area contributed by atoms with Gasteiger partial charge >= 0.3 is 0 Å². The first kappa shape index (κ1) is 14.7. The Morgan fingerprint density at radius 3 is 2.50 bits per heavy atom. The molecule has 5 rings (SSSR count). The fraction of sp³-hybridized carbons (Fsp3) is 0.737. The van der Waals surface area contributed by atoms with Gasteiger partial charge in [0.2, 0.25) is 0 Å². The Labute approximate surface area is 143 Å². The molecular weight excluding hydrogens is 298 g/mol. The summed E-state index contributed by atoms with van der Waals surface area (Å²) in [7, 11) is 0. The highest BCUT2D eigenvalue weighted by atomic mass is 15.2. The standard InChI is InChI=1S/C19H27N5/c1-2-4-14-10-19(11-15(14)5-3-1)6-8-24(9-7-19)17-13-20-16-12-21-23-18(16)22-17/h12-15H,1-11H2,(H,21,22,23). The Balaban J connectivity index is 1.29. The van der Waals surface area contributed by atoms with Crippen LogP contribution in [0.1, 0.15) is 57.8 Å². The van der Waals surface area contributed by atoms with Crippen molar-refractivity contribution < 1.29 is 0 Å². The molecule has 0 amide bonds. The molecule has 1 aliphatic heterocycles. The lowest BCUT2D eigenvalue weighted by Crippen LogP contribution is -2.39. The molecule has 1 N–H and O–H groups in total. The zero-order valence-corrected chi connectivity index (χ0v) is 14.4. The fourth-order valence-corrected chi connectivity index (χ4v) is 5.69. The molecule has 1 saturated heterocycles. The minimum absolute atomic E-state index is 0.634. The first-order chi connectivity index (χ1) is 11.8. The number of anilines is 1. The van der Waals surface area contributed by atoms with Gasteiger partial charge < -0.3 is 4.90 Å². The number of aromatic amines is 1. The lowest BCUT2D eigenvalue weighted by Gasteiger charge is -2.40. The van der Waals surface area contributed by atoms with Crippen molar-refractivity contribution in [3.8, 4) is 0 Å². The smallest absolute Gasteiger partial charge is 0.176 e. The molecule has 2 unspecified atom stereocenters. The molecule has 1 spiro atoms.